The van der Waals surface area contributed by atoms with E-state index in [-0.39, 0.29) is 12.0 Å². The fraction of sp³-hybridized carbons (Fsp3) is 0.467. The summed E-state index contributed by atoms with van der Waals surface area (Å²) in [5.41, 5.74) is 1.15. The van der Waals surface area contributed by atoms with Gasteiger partial charge in [-0.15, -0.1) is 0 Å². The van der Waals surface area contributed by atoms with Crippen LogP contribution in [0.2, 0.25) is 0 Å². The third kappa shape index (κ3) is 2.18. The summed E-state index contributed by atoms with van der Waals surface area (Å²) in [4.78, 5) is 17.9. The maximum Gasteiger partial charge on any atom is 0.320 e. The first-order valence-corrected chi connectivity index (χ1v) is 6.96. The second kappa shape index (κ2) is 5.25. The predicted molar refractivity (Wildman–Crippen MR) is 76.8 cm³/mol. The van der Waals surface area contributed by atoms with Crippen molar-refractivity contribution in [1.82, 2.24) is 10.2 Å². The van der Waals surface area contributed by atoms with E-state index in [1.54, 1.807) is 0 Å². The van der Waals surface area contributed by atoms with E-state index in [0.717, 1.165) is 24.5 Å². The first-order chi connectivity index (χ1) is 9.68. The highest BCUT2D eigenvalue weighted by atomic mass is 16.4. The van der Waals surface area contributed by atoms with Gasteiger partial charge in [0.1, 0.15) is 11.9 Å². The van der Waals surface area contributed by atoms with E-state index >= 15 is 0 Å². The van der Waals surface area contributed by atoms with Gasteiger partial charge in [0.05, 0.1) is 6.54 Å². The Morgan fingerprint density at radius 2 is 2.15 bits per heavy atom. The Hall–Kier alpha value is -1.88. The molecule has 0 saturated carbocycles. The zero-order valence-electron chi connectivity index (χ0n) is 11.5. The highest BCUT2D eigenvalue weighted by Crippen LogP contribution is 2.40. The number of hydrogen-bond donors (Lipinski definition) is 2. The number of hydrogen-bond acceptors (Lipinski definition) is 4. The number of carboxylic acid groups (broad SMARTS) is 1. The Bertz CT molecular complexity index is 529. The summed E-state index contributed by atoms with van der Waals surface area (Å²) >= 11 is 0. The van der Waals surface area contributed by atoms with E-state index in [4.69, 9.17) is 0 Å². The molecular weight excluding hydrogens is 254 g/mol. The zero-order valence-corrected chi connectivity index (χ0v) is 11.5. The average molecular weight is 273 g/mol. The number of aliphatic carboxylic acids is 1. The van der Waals surface area contributed by atoms with Crippen molar-refractivity contribution in [2.45, 2.75) is 18.5 Å². The van der Waals surface area contributed by atoms with Crippen LogP contribution < -0.4 is 5.32 Å². The Kier molecular flexibility index (Phi) is 3.44. The molecule has 3 rings (SSSR count). The molecule has 1 saturated heterocycles. The van der Waals surface area contributed by atoms with E-state index in [1.807, 2.05) is 30.1 Å². The topological polar surface area (TPSA) is 64.9 Å². The molecule has 106 valence electrons. The third-order valence-electron chi connectivity index (χ3n) is 4.27. The highest BCUT2D eigenvalue weighted by Gasteiger charge is 2.45. The molecule has 20 heavy (non-hydrogen) atoms. The molecule has 0 amide bonds. The maximum absolute atomic E-state index is 11.4. The lowest BCUT2D eigenvalue weighted by Crippen LogP contribution is -2.35. The van der Waals surface area contributed by atoms with Crippen LogP contribution in [0.5, 0.6) is 0 Å². The standard InChI is InChI=1S/C15H19N3O2/c1-18-12(15(19)20)9-11(14-16-7-8-17-14)13(18)10-5-3-2-4-6-10/h2-6,11-13H,7-9H2,1H3,(H,16,17)(H,19,20). The maximum atomic E-state index is 11.4. The van der Waals surface area contributed by atoms with E-state index in [1.165, 1.54) is 0 Å². The molecule has 1 fully saturated rings. The van der Waals surface area contributed by atoms with Crippen molar-refractivity contribution in [3.05, 3.63) is 35.9 Å². The second-order valence-corrected chi connectivity index (χ2v) is 5.41. The molecule has 2 heterocycles. The van der Waals surface area contributed by atoms with Crippen molar-refractivity contribution >= 4 is 11.8 Å². The van der Waals surface area contributed by atoms with Gasteiger partial charge in [0, 0.05) is 18.5 Å². The molecule has 5 heteroatoms. The van der Waals surface area contributed by atoms with Crippen LogP contribution in [-0.4, -0.2) is 48.0 Å². The number of amidine groups is 1. The number of rotatable bonds is 3. The van der Waals surface area contributed by atoms with Crippen LogP contribution in [0.15, 0.2) is 35.3 Å². The number of likely N-dealkylation sites (N-methyl/N-ethyl adjacent to an activating group) is 1. The molecule has 0 aromatic heterocycles. The Labute approximate surface area is 118 Å². The molecule has 3 atom stereocenters. The number of carboxylic acids is 1. The van der Waals surface area contributed by atoms with E-state index < -0.39 is 12.0 Å². The zero-order chi connectivity index (χ0) is 14.1. The molecule has 0 radical (unpaired) electrons. The van der Waals surface area contributed by atoms with Gasteiger partial charge in [-0.1, -0.05) is 30.3 Å². The van der Waals surface area contributed by atoms with Crippen molar-refractivity contribution in [2.75, 3.05) is 20.1 Å². The van der Waals surface area contributed by atoms with Crippen molar-refractivity contribution in [3.63, 3.8) is 0 Å². The average Bonchev–Trinajstić information content (AvgIpc) is 3.06. The van der Waals surface area contributed by atoms with Crippen LogP contribution in [-0.2, 0) is 4.79 Å². The van der Waals surface area contributed by atoms with Crippen molar-refractivity contribution in [3.8, 4) is 0 Å². The van der Waals surface area contributed by atoms with Crippen LogP contribution in [0.4, 0.5) is 0 Å². The first-order valence-electron chi connectivity index (χ1n) is 6.96. The summed E-state index contributed by atoms with van der Waals surface area (Å²) in [5, 5.41) is 12.7. The summed E-state index contributed by atoms with van der Waals surface area (Å²) in [7, 11) is 1.89. The molecule has 2 aliphatic rings. The fourth-order valence-corrected chi connectivity index (χ4v) is 3.33. The van der Waals surface area contributed by atoms with E-state index in [9.17, 15) is 9.90 Å². The predicted octanol–water partition coefficient (Wildman–Crippen LogP) is 1.13. The summed E-state index contributed by atoms with van der Waals surface area (Å²) in [6.07, 6.45) is 0.608. The monoisotopic (exact) mass is 273 g/mol. The Balaban J connectivity index is 1.96. The minimum atomic E-state index is -0.755. The molecule has 3 unspecified atom stereocenters. The SMILES string of the molecule is CN1C(C(=O)O)CC(C2=NCCN2)C1c1ccccc1. The molecule has 0 spiro atoms. The summed E-state index contributed by atoms with van der Waals surface area (Å²) in [6.45, 7) is 1.64. The van der Waals surface area contributed by atoms with E-state index in [0.29, 0.717) is 6.42 Å². The molecule has 1 aromatic rings. The fourth-order valence-electron chi connectivity index (χ4n) is 3.33. The summed E-state index contributed by atoms with van der Waals surface area (Å²) < 4.78 is 0. The van der Waals surface area contributed by atoms with Gasteiger partial charge in [0.25, 0.3) is 0 Å². The normalized spacial score (nSPS) is 30.1. The van der Waals surface area contributed by atoms with E-state index in [2.05, 4.69) is 22.4 Å². The van der Waals surface area contributed by atoms with Crippen LogP contribution >= 0.6 is 0 Å². The molecule has 2 aliphatic heterocycles. The third-order valence-corrected chi connectivity index (χ3v) is 4.27. The molecule has 1 aromatic carbocycles. The van der Waals surface area contributed by atoms with Crippen LogP contribution in [0.1, 0.15) is 18.0 Å². The van der Waals surface area contributed by atoms with Gasteiger partial charge < -0.3 is 10.4 Å². The van der Waals surface area contributed by atoms with Gasteiger partial charge in [0.2, 0.25) is 0 Å². The summed E-state index contributed by atoms with van der Waals surface area (Å²) in [6, 6.07) is 9.73. The summed E-state index contributed by atoms with van der Waals surface area (Å²) in [5.74, 6) is 0.343. The molecular formula is C15H19N3O2. The largest absolute Gasteiger partial charge is 0.480 e. The minimum absolute atomic E-state index is 0.0710. The minimum Gasteiger partial charge on any atom is -0.480 e. The smallest absolute Gasteiger partial charge is 0.320 e. The van der Waals surface area contributed by atoms with Crippen molar-refractivity contribution in [2.24, 2.45) is 10.9 Å². The lowest BCUT2D eigenvalue weighted by molar-refractivity contribution is -0.142. The lowest BCUT2D eigenvalue weighted by atomic mass is 9.92. The molecule has 5 nitrogen and oxygen atoms in total. The second-order valence-electron chi connectivity index (χ2n) is 5.41. The molecule has 2 N–H and O–H groups in total. The van der Waals surface area contributed by atoms with Gasteiger partial charge >= 0.3 is 5.97 Å². The number of aliphatic imine (C=N–C) groups is 1. The van der Waals surface area contributed by atoms with Crippen LogP contribution in [0, 0.1) is 5.92 Å². The van der Waals surface area contributed by atoms with Crippen molar-refractivity contribution < 1.29 is 9.90 Å². The quantitative estimate of drug-likeness (QED) is 0.866. The van der Waals surface area contributed by atoms with Gasteiger partial charge in [0.15, 0.2) is 0 Å². The highest BCUT2D eigenvalue weighted by molar-refractivity contribution is 5.88. The first kappa shape index (κ1) is 13.1. The number of carbonyl (C=O) groups is 1. The molecule has 0 bridgehead atoms. The van der Waals surface area contributed by atoms with Crippen LogP contribution in [0.3, 0.4) is 0 Å². The van der Waals surface area contributed by atoms with Gasteiger partial charge in [-0.25, -0.2) is 0 Å². The lowest BCUT2D eigenvalue weighted by Gasteiger charge is -2.27. The van der Waals surface area contributed by atoms with Crippen molar-refractivity contribution in [1.29, 1.82) is 0 Å². The Morgan fingerprint density at radius 3 is 2.75 bits per heavy atom. The number of nitrogens with zero attached hydrogens (tertiary/aromatic N) is 2. The number of benzene rings is 1. The number of nitrogens with one attached hydrogen (secondary N) is 1. The van der Waals surface area contributed by atoms with Gasteiger partial charge in [-0.05, 0) is 19.0 Å². The van der Waals surface area contributed by atoms with Gasteiger partial charge in [-0.2, -0.15) is 0 Å². The number of likely N-dealkylation sites (tertiary alicyclic amines) is 1. The Morgan fingerprint density at radius 1 is 1.40 bits per heavy atom. The molecule has 0 aliphatic carbocycles. The van der Waals surface area contributed by atoms with Gasteiger partial charge in [-0.3, -0.25) is 14.7 Å². The van der Waals surface area contributed by atoms with Crippen LogP contribution in [0.25, 0.3) is 0 Å².